The molecule has 1 fully saturated rings. The normalized spacial score (nSPS) is 18.1. The molecule has 21 heavy (non-hydrogen) atoms. The van der Waals surface area contributed by atoms with Crippen LogP contribution in [0.4, 0.5) is 0 Å². The SMILES string of the molecule is CN(Cc1cnn(C)c1)C(=O)c1noc(C2CCCN2)n1. The van der Waals surface area contributed by atoms with E-state index in [4.69, 9.17) is 4.52 Å². The summed E-state index contributed by atoms with van der Waals surface area (Å²) in [5.74, 6) is 0.336. The van der Waals surface area contributed by atoms with Gasteiger partial charge in [-0.05, 0) is 19.4 Å². The van der Waals surface area contributed by atoms with E-state index < -0.39 is 0 Å². The van der Waals surface area contributed by atoms with Gasteiger partial charge >= 0.3 is 0 Å². The van der Waals surface area contributed by atoms with Crippen molar-refractivity contribution in [3.05, 3.63) is 29.7 Å². The molecular formula is C13H18N6O2. The van der Waals surface area contributed by atoms with Crippen LogP contribution in [0.25, 0.3) is 0 Å². The molecule has 0 bridgehead atoms. The van der Waals surface area contributed by atoms with E-state index >= 15 is 0 Å². The van der Waals surface area contributed by atoms with Crippen LogP contribution in [-0.4, -0.2) is 44.3 Å². The molecule has 1 unspecified atom stereocenters. The molecule has 0 aromatic carbocycles. The van der Waals surface area contributed by atoms with Crippen LogP contribution < -0.4 is 5.32 Å². The Morgan fingerprint density at radius 2 is 2.48 bits per heavy atom. The second-order valence-corrected chi connectivity index (χ2v) is 5.29. The molecule has 1 N–H and O–H groups in total. The molecule has 1 atom stereocenters. The lowest BCUT2D eigenvalue weighted by Gasteiger charge is -2.13. The van der Waals surface area contributed by atoms with Crippen molar-refractivity contribution in [2.24, 2.45) is 7.05 Å². The second kappa shape index (κ2) is 5.65. The maximum absolute atomic E-state index is 12.3. The van der Waals surface area contributed by atoms with Gasteiger partial charge in [-0.25, -0.2) is 0 Å². The third kappa shape index (κ3) is 2.94. The van der Waals surface area contributed by atoms with Gasteiger partial charge in [-0.15, -0.1) is 0 Å². The highest BCUT2D eigenvalue weighted by atomic mass is 16.5. The van der Waals surface area contributed by atoms with Crippen molar-refractivity contribution >= 4 is 5.91 Å². The predicted octanol–water partition coefficient (Wildman–Crippen LogP) is 0.500. The van der Waals surface area contributed by atoms with E-state index in [1.807, 2.05) is 13.2 Å². The van der Waals surface area contributed by atoms with Gasteiger partial charge in [0.25, 0.3) is 11.7 Å². The number of nitrogens with one attached hydrogen (secondary N) is 1. The van der Waals surface area contributed by atoms with E-state index in [2.05, 4.69) is 20.6 Å². The highest BCUT2D eigenvalue weighted by Crippen LogP contribution is 2.21. The van der Waals surface area contributed by atoms with Crippen LogP contribution in [0.2, 0.25) is 0 Å². The number of carbonyl (C=O) groups excluding carboxylic acids is 1. The third-order valence-electron chi connectivity index (χ3n) is 3.52. The summed E-state index contributed by atoms with van der Waals surface area (Å²) in [5, 5.41) is 11.1. The van der Waals surface area contributed by atoms with Gasteiger partial charge in [0.1, 0.15) is 0 Å². The van der Waals surface area contributed by atoms with E-state index in [0.29, 0.717) is 12.4 Å². The smallest absolute Gasteiger partial charge is 0.295 e. The van der Waals surface area contributed by atoms with E-state index in [9.17, 15) is 4.79 Å². The Morgan fingerprint density at radius 3 is 3.14 bits per heavy atom. The minimum absolute atomic E-state index is 0.0719. The van der Waals surface area contributed by atoms with Crippen molar-refractivity contribution in [2.45, 2.75) is 25.4 Å². The molecule has 1 amide bonds. The molecule has 0 spiro atoms. The average Bonchev–Trinajstić information content (AvgIpc) is 3.18. The molecule has 8 nitrogen and oxygen atoms in total. The summed E-state index contributed by atoms with van der Waals surface area (Å²) < 4.78 is 6.89. The second-order valence-electron chi connectivity index (χ2n) is 5.29. The largest absolute Gasteiger partial charge is 0.337 e. The number of aryl methyl sites for hydroxylation is 1. The van der Waals surface area contributed by atoms with Gasteiger partial charge in [-0.2, -0.15) is 10.1 Å². The Labute approximate surface area is 122 Å². The lowest BCUT2D eigenvalue weighted by Crippen LogP contribution is -2.27. The molecule has 0 aliphatic carbocycles. The summed E-state index contributed by atoms with van der Waals surface area (Å²) >= 11 is 0. The topological polar surface area (TPSA) is 89.1 Å². The number of nitrogens with zero attached hydrogens (tertiary/aromatic N) is 5. The van der Waals surface area contributed by atoms with Crippen molar-refractivity contribution in [3.8, 4) is 0 Å². The minimum atomic E-state index is -0.258. The summed E-state index contributed by atoms with van der Waals surface area (Å²) in [4.78, 5) is 18.0. The number of rotatable bonds is 4. The molecular weight excluding hydrogens is 272 g/mol. The minimum Gasteiger partial charge on any atom is -0.337 e. The predicted molar refractivity (Wildman–Crippen MR) is 73.3 cm³/mol. The first-order chi connectivity index (χ1) is 10.1. The van der Waals surface area contributed by atoms with Crippen molar-refractivity contribution in [1.82, 2.24) is 30.1 Å². The maximum atomic E-state index is 12.3. The number of aromatic nitrogens is 4. The Bertz CT molecular complexity index is 628. The molecule has 0 saturated carbocycles. The lowest BCUT2D eigenvalue weighted by molar-refractivity contribution is 0.0769. The van der Waals surface area contributed by atoms with E-state index in [0.717, 1.165) is 24.9 Å². The standard InChI is InChI=1S/C13H18N6O2/c1-18(7-9-6-15-19(2)8-9)13(20)11-16-12(21-17-11)10-4-3-5-14-10/h6,8,10,14H,3-5,7H2,1-2H3. The molecule has 112 valence electrons. The molecule has 2 aromatic heterocycles. The lowest BCUT2D eigenvalue weighted by atomic mass is 10.2. The van der Waals surface area contributed by atoms with Crippen molar-refractivity contribution < 1.29 is 9.32 Å². The number of carbonyl (C=O) groups is 1. The molecule has 1 saturated heterocycles. The van der Waals surface area contributed by atoms with E-state index in [1.165, 1.54) is 0 Å². The molecule has 0 radical (unpaired) electrons. The van der Waals surface area contributed by atoms with Crippen LogP contribution >= 0.6 is 0 Å². The van der Waals surface area contributed by atoms with Gasteiger partial charge in [0.05, 0.1) is 12.2 Å². The van der Waals surface area contributed by atoms with Gasteiger partial charge in [0.2, 0.25) is 5.89 Å². The maximum Gasteiger partial charge on any atom is 0.295 e. The van der Waals surface area contributed by atoms with Gasteiger partial charge < -0.3 is 14.7 Å². The fourth-order valence-corrected chi connectivity index (χ4v) is 2.43. The summed E-state index contributed by atoms with van der Waals surface area (Å²) in [5.41, 5.74) is 0.953. The molecule has 3 rings (SSSR count). The van der Waals surface area contributed by atoms with Crippen LogP contribution in [0.5, 0.6) is 0 Å². The summed E-state index contributed by atoms with van der Waals surface area (Å²) in [7, 11) is 3.55. The first-order valence-corrected chi connectivity index (χ1v) is 6.93. The van der Waals surface area contributed by atoms with Crippen molar-refractivity contribution in [3.63, 3.8) is 0 Å². The van der Waals surface area contributed by atoms with Gasteiger partial charge in [-0.3, -0.25) is 9.48 Å². The highest BCUT2D eigenvalue weighted by Gasteiger charge is 2.25. The Hall–Kier alpha value is -2.22. The summed E-state index contributed by atoms with van der Waals surface area (Å²) in [6.07, 6.45) is 5.64. The fraction of sp³-hybridized carbons (Fsp3) is 0.538. The Balaban J connectivity index is 1.66. The fourth-order valence-electron chi connectivity index (χ4n) is 2.43. The zero-order valence-corrected chi connectivity index (χ0v) is 12.1. The van der Waals surface area contributed by atoms with E-state index in [-0.39, 0.29) is 17.8 Å². The third-order valence-corrected chi connectivity index (χ3v) is 3.52. The van der Waals surface area contributed by atoms with Crippen LogP contribution in [0.3, 0.4) is 0 Å². The highest BCUT2D eigenvalue weighted by molar-refractivity contribution is 5.90. The summed E-state index contributed by atoms with van der Waals surface area (Å²) in [6.45, 7) is 1.40. The molecule has 2 aromatic rings. The van der Waals surface area contributed by atoms with Crippen LogP contribution in [0, 0.1) is 0 Å². The monoisotopic (exact) mass is 290 g/mol. The molecule has 3 heterocycles. The molecule has 8 heteroatoms. The van der Waals surface area contributed by atoms with Gasteiger partial charge in [0, 0.05) is 32.4 Å². The number of hydrogen-bond acceptors (Lipinski definition) is 6. The van der Waals surface area contributed by atoms with Gasteiger partial charge in [0.15, 0.2) is 0 Å². The van der Waals surface area contributed by atoms with Crippen molar-refractivity contribution in [1.29, 1.82) is 0 Å². The van der Waals surface area contributed by atoms with Crippen LogP contribution in [0.1, 0.15) is 41.0 Å². The van der Waals surface area contributed by atoms with Crippen LogP contribution in [0.15, 0.2) is 16.9 Å². The molecule has 1 aliphatic rings. The van der Waals surface area contributed by atoms with Crippen LogP contribution in [-0.2, 0) is 13.6 Å². The zero-order chi connectivity index (χ0) is 14.8. The quantitative estimate of drug-likeness (QED) is 0.882. The summed E-state index contributed by atoms with van der Waals surface area (Å²) in [6, 6.07) is 0.0719. The van der Waals surface area contributed by atoms with Crippen molar-refractivity contribution in [2.75, 3.05) is 13.6 Å². The number of hydrogen-bond donors (Lipinski definition) is 1. The number of amides is 1. The average molecular weight is 290 g/mol. The Morgan fingerprint density at radius 1 is 1.62 bits per heavy atom. The van der Waals surface area contributed by atoms with E-state index in [1.54, 1.807) is 22.8 Å². The zero-order valence-electron chi connectivity index (χ0n) is 12.1. The Kier molecular flexibility index (Phi) is 3.70. The van der Waals surface area contributed by atoms with Gasteiger partial charge in [-0.1, -0.05) is 5.16 Å². The molecule has 1 aliphatic heterocycles. The first-order valence-electron chi connectivity index (χ1n) is 6.93. The first kappa shape index (κ1) is 13.7.